The van der Waals surface area contributed by atoms with E-state index in [9.17, 15) is 26.4 Å². The molecule has 0 aliphatic heterocycles. The van der Waals surface area contributed by atoms with Crippen LogP contribution in [0.5, 0.6) is 5.75 Å². The van der Waals surface area contributed by atoms with Crippen LogP contribution in [0, 0.1) is 0 Å². The number of nitrogens with zero attached hydrogens (tertiary/aromatic N) is 2. The number of sulfonamides is 1. The third-order valence-electron chi connectivity index (χ3n) is 3.51. The van der Waals surface area contributed by atoms with Gasteiger partial charge in [0.25, 0.3) is 15.9 Å². The van der Waals surface area contributed by atoms with Gasteiger partial charge in [0, 0.05) is 14.1 Å². The van der Waals surface area contributed by atoms with E-state index in [0.717, 1.165) is 22.7 Å². The predicted octanol–water partition coefficient (Wildman–Crippen LogP) is 2.97. The van der Waals surface area contributed by atoms with Gasteiger partial charge < -0.3 is 9.64 Å². The van der Waals surface area contributed by atoms with Crippen LogP contribution in [-0.2, 0) is 14.8 Å². The minimum absolute atomic E-state index is 0.198. The van der Waals surface area contributed by atoms with Crippen molar-refractivity contribution in [2.45, 2.75) is 10.4 Å². The SMILES string of the molecule is CN(CC(F)(F)F)C(=O)COc1ccc(N(C)S(=O)(=O)c2cccs2)cc1. The molecule has 0 aliphatic rings. The Morgan fingerprint density at radius 2 is 1.78 bits per heavy atom. The molecule has 11 heteroatoms. The molecule has 1 heterocycles. The Morgan fingerprint density at radius 1 is 1.15 bits per heavy atom. The fourth-order valence-electron chi connectivity index (χ4n) is 2.05. The van der Waals surface area contributed by atoms with E-state index in [0.29, 0.717) is 10.6 Å². The van der Waals surface area contributed by atoms with Crippen molar-refractivity contribution in [3.63, 3.8) is 0 Å². The second-order valence-corrected chi connectivity index (χ2v) is 8.70. The smallest absolute Gasteiger partial charge is 0.406 e. The monoisotopic (exact) mass is 422 g/mol. The molecule has 0 fully saturated rings. The Kier molecular flexibility index (Phi) is 6.37. The molecule has 0 bridgehead atoms. The lowest BCUT2D eigenvalue weighted by Gasteiger charge is -2.20. The molecule has 0 saturated carbocycles. The number of ether oxygens (including phenoxy) is 1. The molecule has 1 aromatic carbocycles. The fourth-order valence-corrected chi connectivity index (χ4v) is 4.41. The number of carbonyl (C=O) groups excluding carboxylic acids is 1. The largest absolute Gasteiger partial charge is 0.484 e. The van der Waals surface area contributed by atoms with Gasteiger partial charge in [-0.3, -0.25) is 9.10 Å². The van der Waals surface area contributed by atoms with Crippen LogP contribution in [0.4, 0.5) is 18.9 Å². The van der Waals surface area contributed by atoms with Gasteiger partial charge in [-0.15, -0.1) is 11.3 Å². The van der Waals surface area contributed by atoms with Crippen LogP contribution in [-0.4, -0.2) is 52.6 Å². The summed E-state index contributed by atoms with van der Waals surface area (Å²) in [5.74, 6) is -0.594. The third kappa shape index (κ3) is 5.60. The lowest BCUT2D eigenvalue weighted by atomic mass is 10.3. The first-order chi connectivity index (χ1) is 12.5. The summed E-state index contributed by atoms with van der Waals surface area (Å²) in [5, 5.41) is 1.66. The molecule has 0 saturated heterocycles. The first-order valence-corrected chi connectivity index (χ1v) is 9.89. The molecular formula is C16H17F3N2O4S2. The van der Waals surface area contributed by atoms with Gasteiger partial charge in [-0.2, -0.15) is 13.2 Å². The highest BCUT2D eigenvalue weighted by Gasteiger charge is 2.31. The molecule has 0 spiro atoms. The van der Waals surface area contributed by atoms with E-state index in [4.69, 9.17) is 4.74 Å². The molecule has 2 rings (SSSR count). The lowest BCUT2D eigenvalue weighted by molar-refractivity contribution is -0.159. The molecular weight excluding hydrogens is 405 g/mol. The minimum Gasteiger partial charge on any atom is -0.484 e. The van der Waals surface area contributed by atoms with Crippen molar-refractivity contribution in [2.75, 3.05) is 31.6 Å². The highest BCUT2D eigenvalue weighted by Crippen LogP contribution is 2.26. The summed E-state index contributed by atoms with van der Waals surface area (Å²) in [4.78, 5) is 12.2. The average Bonchev–Trinajstić information content (AvgIpc) is 3.13. The fraction of sp³-hybridized carbons (Fsp3) is 0.312. The van der Waals surface area contributed by atoms with E-state index in [1.165, 1.54) is 37.4 Å². The first kappa shape index (κ1) is 21.0. The Hall–Kier alpha value is -2.27. The van der Waals surface area contributed by atoms with Gasteiger partial charge in [-0.05, 0) is 35.7 Å². The minimum atomic E-state index is -4.48. The lowest BCUT2D eigenvalue weighted by Crippen LogP contribution is -2.38. The first-order valence-electron chi connectivity index (χ1n) is 7.57. The molecule has 6 nitrogen and oxygen atoms in total. The number of amides is 1. The maximum Gasteiger partial charge on any atom is 0.406 e. The van der Waals surface area contributed by atoms with Crippen molar-refractivity contribution in [3.05, 3.63) is 41.8 Å². The van der Waals surface area contributed by atoms with Gasteiger partial charge in [-0.1, -0.05) is 6.07 Å². The number of benzene rings is 1. The van der Waals surface area contributed by atoms with Gasteiger partial charge in [-0.25, -0.2) is 8.42 Å². The molecule has 0 unspecified atom stereocenters. The molecule has 0 N–H and O–H groups in total. The van der Waals surface area contributed by atoms with E-state index in [1.54, 1.807) is 11.4 Å². The van der Waals surface area contributed by atoms with Crippen molar-refractivity contribution in [2.24, 2.45) is 0 Å². The maximum absolute atomic E-state index is 12.4. The third-order valence-corrected chi connectivity index (χ3v) is 6.67. The Balaban J connectivity index is 1.98. The number of thiophene rings is 1. The molecule has 2 aromatic rings. The van der Waals surface area contributed by atoms with Gasteiger partial charge >= 0.3 is 6.18 Å². The number of carbonyl (C=O) groups is 1. The van der Waals surface area contributed by atoms with Crippen molar-refractivity contribution >= 4 is 33.0 Å². The van der Waals surface area contributed by atoms with Gasteiger partial charge in [0.2, 0.25) is 0 Å². The molecule has 27 heavy (non-hydrogen) atoms. The van der Waals surface area contributed by atoms with Crippen LogP contribution < -0.4 is 9.04 Å². The normalized spacial score (nSPS) is 11.9. The van der Waals surface area contributed by atoms with Crippen molar-refractivity contribution in [3.8, 4) is 5.75 Å². The van der Waals surface area contributed by atoms with Gasteiger partial charge in [0.05, 0.1) is 5.69 Å². The number of alkyl halides is 3. The topological polar surface area (TPSA) is 66.9 Å². The highest BCUT2D eigenvalue weighted by molar-refractivity contribution is 7.94. The standard InChI is InChI=1S/C16H17F3N2O4S2/c1-20(11-16(17,18)19)14(22)10-25-13-7-5-12(6-8-13)21(2)27(23,24)15-4-3-9-26-15/h3-9H,10-11H2,1-2H3. The van der Waals surface area contributed by atoms with E-state index in [2.05, 4.69) is 0 Å². The van der Waals surface area contributed by atoms with Crippen molar-refractivity contribution < 1.29 is 31.1 Å². The average molecular weight is 422 g/mol. The van der Waals surface area contributed by atoms with E-state index in [1.807, 2.05) is 0 Å². The maximum atomic E-state index is 12.4. The number of halogens is 3. The second-order valence-electron chi connectivity index (χ2n) is 5.55. The zero-order valence-electron chi connectivity index (χ0n) is 14.4. The predicted molar refractivity (Wildman–Crippen MR) is 95.5 cm³/mol. The Labute approximate surface area is 158 Å². The number of likely N-dealkylation sites (N-methyl/N-ethyl adjacent to an activating group) is 1. The van der Waals surface area contributed by atoms with Gasteiger partial charge in [0.1, 0.15) is 16.5 Å². The van der Waals surface area contributed by atoms with Crippen LogP contribution in [0.25, 0.3) is 0 Å². The summed E-state index contributed by atoms with van der Waals surface area (Å²) >= 11 is 1.10. The molecule has 0 radical (unpaired) electrons. The molecule has 1 aromatic heterocycles. The van der Waals surface area contributed by atoms with Crippen LogP contribution in [0.2, 0.25) is 0 Å². The van der Waals surface area contributed by atoms with Crippen molar-refractivity contribution in [1.29, 1.82) is 0 Å². The summed E-state index contributed by atoms with van der Waals surface area (Å²) in [7, 11) is -1.23. The molecule has 148 valence electrons. The zero-order valence-corrected chi connectivity index (χ0v) is 16.1. The van der Waals surface area contributed by atoms with E-state index < -0.39 is 35.3 Å². The van der Waals surface area contributed by atoms with Crippen LogP contribution in [0.3, 0.4) is 0 Å². The second kappa shape index (κ2) is 8.17. The zero-order chi connectivity index (χ0) is 20.2. The van der Waals surface area contributed by atoms with Crippen LogP contribution in [0.15, 0.2) is 46.0 Å². The molecule has 1 amide bonds. The Bertz CT molecular complexity index is 866. The summed E-state index contributed by atoms with van der Waals surface area (Å²) in [6.45, 7) is -1.92. The molecule has 0 aliphatic carbocycles. The van der Waals surface area contributed by atoms with Gasteiger partial charge in [0.15, 0.2) is 6.61 Å². The number of anilines is 1. The Morgan fingerprint density at radius 3 is 2.30 bits per heavy atom. The van der Waals surface area contributed by atoms with Crippen LogP contribution >= 0.6 is 11.3 Å². The quantitative estimate of drug-likeness (QED) is 0.688. The summed E-state index contributed by atoms with van der Waals surface area (Å²) in [6, 6.07) is 8.96. The number of hydrogen-bond donors (Lipinski definition) is 0. The summed E-state index contributed by atoms with van der Waals surface area (Å²) in [5.41, 5.74) is 0.372. The van der Waals surface area contributed by atoms with E-state index in [-0.39, 0.29) is 9.96 Å². The van der Waals surface area contributed by atoms with Crippen LogP contribution in [0.1, 0.15) is 0 Å². The molecule has 0 atom stereocenters. The summed E-state index contributed by atoms with van der Waals surface area (Å²) in [6.07, 6.45) is -4.48. The summed E-state index contributed by atoms with van der Waals surface area (Å²) < 4.78 is 68.1. The van der Waals surface area contributed by atoms with Crippen molar-refractivity contribution in [1.82, 2.24) is 4.90 Å². The number of hydrogen-bond acceptors (Lipinski definition) is 5. The highest BCUT2D eigenvalue weighted by atomic mass is 32.2. The number of rotatable bonds is 7. The van der Waals surface area contributed by atoms with E-state index >= 15 is 0 Å².